The van der Waals surface area contributed by atoms with Gasteiger partial charge in [0, 0.05) is 5.92 Å². The van der Waals surface area contributed by atoms with E-state index in [1.54, 1.807) is 6.08 Å². The number of rotatable bonds is 10. The van der Waals surface area contributed by atoms with Crippen molar-refractivity contribution in [1.29, 1.82) is 0 Å². The minimum atomic E-state index is -1.60. The van der Waals surface area contributed by atoms with E-state index in [4.69, 9.17) is 10.2 Å². The van der Waals surface area contributed by atoms with E-state index < -0.39 is 30.1 Å². The van der Waals surface area contributed by atoms with Crippen molar-refractivity contribution in [3.63, 3.8) is 0 Å². The van der Waals surface area contributed by atoms with E-state index in [9.17, 15) is 14.4 Å². The van der Waals surface area contributed by atoms with Crippen molar-refractivity contribution in [2.75, 3.05) is 0 Å². The monoisotopic (exact) mass is 414 g/mol. The molecule has 1 atom stereocenters. The number of carbonyl (C=O) groups is 3. The van der Waals surface area contributed by atoms with Gasteiger partial charge in [-0.05, 0) is 57.4 Å². The van der Waals surface area contributed by atoms with Gasteiger partial charge in [-0.2, -0.15) is 0 Å². The van der Waals surface area contributed by atoms with E-state index in [2.05, 4.69) is 32.9 Å². The van der Waals surface area contributed by atoms with Crippen molar-refractivity contribution in [3.8, 4) is 0 Å². The van der Waals surface area contributed by atoms with Crippen molar-refractivity contribution in [2.45, 2.75) is 66.7 Å². The van der Waals surface area contributed by atoms with E-state index >= 15 is 0 Å². The molecule has 164 valence electrons. The molecule has 0 bridgehead atoms. The Morgan fingerprint density at radius 2 is 1.77 bits per heavy atom. The lowest BCUT2D eigenvalue weighted by molar-refractivity contribution is -0.152. The number of ketones is 1. The molecule has 1 rings (SSSR count). The number of hydrogen-bond donors (Lipinski definition) is 2. The second-order valence-corrected chi connectivity index (χ2v) is 8.68. The standard InChI is InChI=1S/C25H34O5/c1-17(11-13-20(16-22(26)27)23(28)24(29)30)8-6-9-18(2)12-14-21-19(3)10-7-15-25(21,4)5/h6,8-9,11-12,14,20H,7,10,13,15-16H2,1-5H3,(H,26,27)(H,29,30)/b8-6?,14-12?,17-11?,18-9-. The summed E-state index contributed by atoms with van der Waals surface area (Å²) in [7, 11) is 0. The molecule has 0 aromatic heterocycles. The number of Topliss-reactive ketones (excluding diaryl/α,β-unsaturated/α-hetero) is 1. The van der Waals surface area contributed by atoms with Crippen LogP contribution in [-0.4, -0.2) is 27.9 Å². The van der Waals surface area contributed by atoms with Crippen LogP contribution in [0.25, 0.3) is 0 Å². The van der Waals surface area contributed by atoms with Gasteiger partial charge in [-0.1, -0.05) is 67.0 Å². The molecular formula is C25H34O5. The fourth-order valence-electron chi connectivity index (χ4n) is 3.70. The Morgan fingerprint density at radius 3 is 2.33 bits per heavy atom. The van der Waals surface area contributed by atoms with Crippen LogP contribution in [0.1, 0.15) is 66.7 Å². The number of aliphatic carboxylic acids is 2. The summed E-state index contributed by atoms with van der Waals surface area (Å²) in [6, 6.07) is 0. The van der Waals surface area contributed by atoms with Crippen LogP contribution in [0.3, 0.4) is 0 Å². The first-order chi connectivity index (χ1) is 13.9. The summed E-state index contributed by atoms with van der Waals surface area (Å²) < 4.78 is 0. The summed E-state index contributed by atoms with van der Waals surface area (Å²) in [5.74, 6) is -4.91. The highest BCUT2D eigenvalue weighted by atomic mass is 16.4. The molecule has 0 radical (unpaired) electrons. The summed E-state index contributed by atoms with van der Waals surface area (Å²) in [6.07, 6.45) is 14.9. The second-order valence-electron chi connectivity index (χ2n) is 8.68. The van der Waals surface area contributed by atoms with Crippen molar-refractivity contribution >= 4 is 17.7 Å². The van der Waals surface area contributed by atoms with Gasteiger partial charge in [0.25, 0.3) is 0 Å². The summed E-state index contributed by atoms with van der Waals surface area (Å²) in [6.45, 7) is 10.6. The van der Waals surface area contributed by atoms with Gasteiger partial charge in [0.2, 0.25) is 5.78 Å². The average molecular weight is 415 g/mol. The lowest BCUT2D eigenvalue weighted by Gasteiger charge is -2.32. The minimum Gasteiger partial charge on any atom is -0.481 e. The van der Waals surface area contributed by atoms with Crippen LogP contribution in [0.4, 0.5) is 0 Å². The van der Waals surface area contributed by atoms with E-state index in [0.717, 1.165) is 17.6 Å². The topological polar surface area (TPSA) is 91.7 Å². The van der Waals surface area contributed by atoms with Crippen LogP contribution >= 0.6 is 0 Å². The number of allylic oxidation sites excluding steroid dienone is 10. The van der Waals surface area contributed by atoms with Crippen molar-refractivity contribution < 1.29 is 24.6 Å². The molecule has 30 heavy (non-hydrogen) atoms. The number of carboxylic acids is 2. The van der Waals surface area contributed by atoms with Gasteiger partial charge in [0.05, 0.1) is 6.42 Å². The first-order valence-electron chi connectivity index (χ1n) is 10.3. The van der Waals surface area contributed by atoms with Crippen molar-refractivity contribution in [2.24, 2.45) is 11.3 Å². The smallest absolute Gasteiger partial charge is 0.372 e. The number of carbonyl (C=O) groups excluding carboxylic acids is 1. The molecule has 2 N–H and O–H groups in total. The molecule has 5 heteroatoms. The maximum atomic E-state index is 11.6. The first-order valence-corrected chi connectivity index (χ1v) is 10.3. The van der Waals surface area contributed by atoms with Gasteiger partial charge < -0.3 is 10.2 Å². The molecule has 5 nitrogen and oxygen atoms in total. The Balaban J connectivity index is 2.78. The maximum Gasteiger partial charge on any atom is 0.372 e. The third-order valence-electron chi connectivity index (χ3n) is 5.50. The minimum absolute atomic E-state index is 0.0821. The van der Waals surface area contributed by atoms with Crippen LogP contribution in [0.2, 0.25) is 0 Å². The Morgan fingerprint density at radius 1 is 1.10 bits per heavy atom. The van der Waals surface area contributed by atoms with Crippen LogP contribution in [0, 0.1) is 11.3 Å². The Kier molecular flexibility index (Phi) is 9.70. The van der Waals surface area contributed by atoms with Crippen molar-refractivity contribution in [3.05, 3.63) is 58.7 Å². The third kappa shape index (κ3) is 8.36. The molecule has 0 fully saturated rings. The third-order valence-corrected chi connectivity index (χ3v) is 5.50. The molecular weight excluding hydrogens is 380 g/mol. The fraction of sp³-hybridized carbons (Fsp3) is 0.480. The van der Waals surface area contributed by atoms with Crippen LogP contribution in [-0.2, 0) is 14.4 Å². The predicted molar refractivity (Wildman–Crippen MR) is 119 cm³/mol. The summed E-state index contributed by atoms with van der Waals surface area (Å²) >= 11 is 0. The summed E-state index contributed by atoms with van der Waals surface area (Å²) in [4.78, 5) is 33.4. The van der Waals surface area contributed by atoms with Gasteiger partial charge in [-0.15, -0.1) is 0 Å². The molecule has 0 aliphatic heterocycles. The molecule has 0 aromatic carbocycles. The van der Waals surface area contributed by atoms with Gasteiger partial charge in [-0.3, -0.25) is 9.59 Å². The molecule has 0 saturated carbocycles. The largest absolute Gasteiger partial charge is 0.481 e. The zero-order chi connectivity index (χ0) is 22.9. The molecule has 0 amide bonds. The van der Waals surface area contributed by atoms with Crippen LogP contribution < -0.4 is 0 Å². The Bertz CT molecular complexity index is 818. The van der Waals surface area contributed by atoms with E-state index in [1.807, 2.05) is 32.1 Å². The van der Waals surface area contributed by atoms with Crippen molar-refractivity contribution in [1.82, 2.24) is 0 Å². The quantitative estimate of drug-likeness (QED) is 0.356. The molecule has 0 spiro atoms. The van der Waals surface area contributed by atoms with E-state index in [0.29, 0.717) is 0 Å². The molecule has 0 aromatic rings. The zero-order valence-electron chi connectivity index (χ0n) is 18.7. The normalized spacial score (nSPS) is 18.8. The molecule has 1 aliphatic rings. The Labute approximate surface area is 179 Å². The van der Waals surface area contributed by atoms with Crippen LogP contribution in [0.15, 0.2) is 58.7 Å². The molecule has 0 heterocycles. The van der Waals surface area contributed by atoms with Gasteiger partial charge in [0.1, 0.15) is 0 Å². The predicted octanol–water partition coefficient (Wildman–Crippen LogP) is 5.65. The molecule has 1 aliphatic carbocycles. The highest BCUT2D eigenvalue weighted by Crippen LogP contribution is 2.40. The lowest BCUT2D eigenvalue weighted by Crippen LogP contribution is -2.25. The van der Waals surface area contributed by atoms with E-state index in [-0.39, 0.29) is 11.8 Å². The maximum absolute atomic E-state index is 11.6. The second kappa shape index (κ2) is 11.5. The summed E-state index contributed by atoms with van der Waals surface area (Å²) in [5.41, 5.74) is 5.01. The first kappa shape index (κ1) is 25.3. The molecule has 1 unspecified atom stereocenters. The Hall–Kier alpha value is -2.69. The number of carboxylic acid groups (broad SMARTS) is 2. The fourth-order valence-corrected chi connectivity index (χ4v) is 3.70. The highest BCUT2D eigenvalue weighted by Gasteiger charge is 2.27. The molecule has 0 saturated heterocycles. The van der Waals surface area contributed by atoms with Gasteiger partial charge in [0.15, 0.2) is 0 Å². The summed E-state index contributed by atoms with van der Waals surface area (Å²) in [5, 5.41) is 17.7. The van der Waals surface area contributed by atoms with Gasteiger partial charge in [-0.25, -0.2) is 4.79 Å². The SMILES string of the molecule is CC(C=C/C=C(/C)C=CC1=C(C)CCCC1(C)C)=CCC(CC(=O)O)C(=O)C(=O)O. The van der Waals surface area contributed by atoms with Gasteiger partial charge >= 0.3 is 11.9 Å². The average Bonchev–Trinajstić information content (AvgIpc) is 2.63. The van der Waals surface area contributed by atoms with Crippen LogP contribution in [0.5, 0.6) is 0 Å². The zero-order valence-corrected chi connectivity index (χ0v) is 18.7. The van der Waals surface area contributed by atoms with E-state index in [1.165, 1.54) is 24.0 Å². The number of hydrogen-bond acceptors (Lipinski definition) is 3. The highest BCUT2D eigenvalue weighted by molar-refractivity contribution is 6.33. The lowest BCUT2D eigenvalue weighted by atomic mass is 9.72.